The van der Waals surface area contributed by atoms with Gasteiger partial charge in [0, 0.05) is 6.20 Å². The Bertz CT molecular complexity index is 528. The van der Waals surface area contributed by atoms with Gasteiger partial charge in [0.25, 0.3) is 0 Å². The minimum Gasteiger partial charge on any atom is -0.397 e. The van der Waals surface area contributed by atoms with Crippen molar-refractivity contribution in [3.63, 3.8) is 0 Å². The van der Waals surface area contributed by atoms with E-state index in [1.807, 2.05) is 18.3 Å². The van der Waals surface area contributed by atoms with Crippen molar-refractivity contribution in [3.05, 3.63) is 28.8 Å². The molecule has 3 heterocycles. The predicted molar refractivity (Wildman–Crippen MR) is 67.3 cm³/mol. The zero-order chi connectivity index (χ0) is 11.1. The lowest BCUT2D eigenvalue weighted by Crippen LogP contribution is -2.15. The van der Waals surface area contributed by atoms with Gasteiger partial charge in [-0.25, -0.2) is 4.98 Å². The SMILES string of the molecule is Nc1cccn2c(C3CCCN3)nc(Br)c12. The molecule has 1 unspecified atom stereocenters. The lowest BCUT2D eigenvalue weighted by molar-refractivity contribution is 0.602. The average Bonchev–Trinajstić information content (AvgIpc) is 2.86. The second-order valence-corrected chi connectivity index (χ2v) is 4.84. The molecule has 0 amide bonds. The van der Waals surface area contributed by atoms with Gasteiger partial charge in [-0.15, -0.1) is 0 Å². The number of nitrogens with one attached hydrogen (secondary N) is 1. The van der Waals surface area contributed by atoms with Gasteiger partial charge in [0.05, 0.1) is 11.7 Å². The number of rotatable bonds is 1. The maximum atomic E-state index is 5.96. The number of nitrogens with two attached hydrogens (primary N) is 1. The average molecular weight is 281 g/mol. The molecule has 5 heteroatoms. The van der Waals surface area contributed by atoms with E-state index in [4.69, 9.17) is 5.73 Å². The molecule has 1 aliphatic heterocycles. The van der Waals surface area contributed by atoms with Crippen molar-refractivity contribution in [1.29, 1.82) is 0 Å². The van der Waals surface area contributed by atoms with E-state index in [0.717, 1.165) is 34.6 Å². The molecule has 2 aromatic heterocycles. The van der Waals surface area contributed by atoms with E-state index in [9.17, 15) is 0 Å². The van der Waals surface area contributed by atoms with Crippen LogP contribution in [0.4, 0.5) is 5.69 Å². The third-order valence-electron chi connectivity index (χ3n) is 3.05. The Morgan fingerprint density at radius 2 is 2.44 bits per heavy atom. The Hall–Kier alpha value is -1.07. The molecule has 0 saturated carbocycles. The molecule has 1 atom stereocenters. The Labute approximate surface area is 102 Å². The zero-order valence-corrected chi connectivity index (χ0v) is 10.4. The minimum atomic E-state index is 0.348. The fourth-order valence-corrected chi connectivity index (χ4v) is 2.89. The number of fused-ring (bicyclic) bond motifs is 1. The van der Waals surface area contributed by atoms with Crippen LogP contribution >= 0.6 is 15.9 Å². The first-order valence-electron chi connectivity index (χ1n) is 5.42. The summed E-state index contributed by atoms with van der Waals surface area (Å²) in [6, 6.07) is 4.20. The van der Waals surface area contributed by atoms with Gasteiger partial charge in [0.1, 0.15) is 15.9 Å². The molecule has 2 aromatic rings. The fourth-order valence-electron chi connectivity index (χ4n) is 2.29. The second-order valence-electron chi connectivity index (χ2n) is 4.09. The van der Waals surface area contributed by atoms with Crippen LogP contribution in [-0.2, 0) is 0 Å². The van der Waals surface area contributed by atoms with Gasteiger partial charge in [-0.05, 0) is 47.4 Å². The van der Waals surface area contributed by atoms with E-state index < -0.39 is 0 Å². The van der Waals surface area contributed by atoms with Crippen molar-refractivity contribution < 1.29 is 0 Å². The van der Waals surface area contributed by atoms with Gasteiger partial charge in [0.2, 0.25) is 0 Å². The third kappa shape index (κ3) is 1.43. The molecule has 1 saturated heterocycles. The monoisotopic (exact) mass is 280 g/mol. The van der Waals surface area contributed by atoms with Crippen LogP contribution < -0.4 is 11.1 Å². The summed E-state index contributed by atoms with van der Waals surface area (Å²) in [5, 5.41) is 3.45. The number of pyridine rings is 1. The van der Waals surface area contributed by atoms with Crippen molar-refractivity contribution in [1.82, 2.24) is 14.7 Å². The smallest absolute Gasteiger partial charge is 0.134 e. The van der Waals surface area contributed by atoms with E-state index in [1.165, 1.54) is 6.42 Å². The second kappa shape index (κ2) is 3.75. The van der Waals surface area contributed by atoms with Crippen LogP contribution in [0.25, 0.3) is 5.52 Å². The highest BCUT2D eigenvalue weighted by Gasteiger charge is 2.22. The number of hydrogen-bond donors (Lipinski definition) is 2. The summed E-state index contributed by atoms with van der Waals surface area (Å²) in [6.45, 7) is 1.07. The van der Waals surface area contributed by atoms with Gasteiger partial charge in [0.15, 0.2) is 0 Å². The van der Waals surface area contributed by atoms with E-state index in [0.29, 0.717) is 6.04 Å². The number of imidazole rings is 1. The fraction of sp³-hybridized carbons (Fsp3) is 0.364. The van der Waals surface area contributed by atoms with Crippen molar-refractivity contribution in [2.75, 3.05) is 12.3 Å². The standard InChI is InChI=1S/C11H13BrN4/c12-10-9-7(13)3-2-6-16(9)11(15-10)8-4-1-5-14-8/h2-3,6,8,14H,1,4-5,13H2. The molecule has 1 fully saturated rings. The molecular formula is C11H13BrN4. The van der Waals surface area contributed by atoms with Gasteiger partial charge in [-0.1, -0.05) is 0 Å². The largest absolute Gasteiger partial charge is 0.397 e. The van der Waals surface area contributed by atoms with Crippen molar-refractivity contribution in [3.8, 4) is 0 Å². The summed E-state index contributed by atoms with van der Waals surface area (Å²) in [6.07, 6.45) is 4.36. The van der Waals surface area contributed by atoms with Gasteiger partial charge in [-0.2, -0.15) is 0 Å². The van der Waals surface area contributed by atoms with E-state index in [1.54, 1.807) is 0 Å². The van der Waals surface area contributed by atoms with Gasteiger partial charge >= 0.3 is 0 Å². The molecule has 0 bridgehead atoms. The molecule has 84 valence electrons. The summed E-state index contributed by atoms with van der Waals surface area (Å²) in [5.41, 5.74) is 7.68. The molecule has 1 aliphatic rings. The molecule has 3 rings (SSSR count). The topological polar surface area (TPSA) is 55.4 Å². The Morgan fingerprint density at radius 1 is 1.56 bits per heavy atom. The maximum absolute atomic E-state index is 5.96. The number of hydrogen-bond acceptors (Lipinski definition) is 3. The van der Waals surface area contributed by atoms with Crippen LogP contribution in [0.15, 0.2) is 22.9 Å². The highest BCUT2D eigenvalue weighted by molar-refractivity contribution is 9.10. The molecule has 4 nitrogen and oxygen atoms in total. The quantitative estimate of drug-likeness (QED) is 0.841. The van der Waals surface area contributed by atoms with Crippen molar-refractivity contribution in [2.24, 2.45) is 0 Å². The van der Waals surface area contributed by atoms with Crippen LogP contribution in [-0.4, -0.2) is 15.9 Å². The van der Waals surface area contributed by atoms with E-state index in [-0.39, 0.29) is 0 Å². The first-order chi connectivity index (χ1) is 7.77. The van der Waals surface area contributed by atoms with Crippen LogP contribution in [0.2, 0.25) is 0 Å². The highest BCUT2D eigenvalue weighted by Crippen LogP contribution is 2.29. The number of nitrogens with zero attached hydrogens (tertiary/aromatic N) is 2. The first kappa shape index (κ1) is 10.1. The van der Waals surface area contributed by atoms with Crippen LogP contribution in [0.1, 0.15) is 24.7 Å². The summed E-state index contributed by atoms with van der Waals surface area (Å²) in [7, 11) is 0. The summed E-state index contributed by atoms with van der Waals surface area (Å²) >= 11 is 3.48. The molecule has 0 spiro atoms. The van der Waals surface area contributed by atoms with E-state index in [2.05, 4.69) is 30.6 Å². The normalized spacial score (nSPS) is 20.7. The van der Waals surface area contributed by atoms with Gasteiger partial charge in [-0.3, -0.25) is 4.40 Å². The molecule has 0 aliphatic carbocycles. The first-order valence-corrected chi connectivity index (χ1v) is 6.22. The zero-order valence-electron chi connectivity index (χ0n) is 8.78. The molecule has 0 radical (unpaired) electrons. The van der Waals surface area contributed by atoms with Gasteiger partial charge < -0.3 is 11.1 Å². The molecular weight excluding hydrogens is 268 g/mol. The Kier molecular flexibility index (Phi) is 2.37. The Balaban J connectivity index is 2.22. The predicted octanol–water partition coefficient (Wildman–Crippen LogP) is 2.10. The molecule has 16 heavy (non-hydrogen) atoms. The maximum Gasteiger partial charge on any atom is 0.134 e. The van der Waals surface area contributed by atoms with Crippen LogP contribution in [0, 0.1) is 0 Å². The number of nitrogen functional groups attached to an aromatic ring is 1. The highest BCUT2D eigenvalue weighted by atomic mass is 79.9. The minimum absolute atomic E-state index is 0.348. The number of aromatic nitrogens is 2. The number of halogens is 1. The van der Waals surface area contributed by atoms with Crippen molar-refractivity contribution >= 4 is 27.1 Å². The summed E-state index contributed by atoms with van der Waals surface area (Å²) in [5.74, 6) is 1.05. The Morgan fingerprint density at radius 3 is 3.19 bits per heavy atom. The summed E-state index contributed by atoms with van der Waals surface area (Å²) in [4.78, 5) is 4.57. The lowest BCUT2D eigenvalue weighted by atomic mass is 10.2. The number of anilines is 1. The summed E-state index contributed by atoms with van der Waals surface area (Å²) < 4.78 is 2.90. The van der Waals surface area contributed by atoms with Crippen LogP contribution in [0.3, 0.4) is 0 Å². The third-order valence-corrected chi connectivity index (χ3v) is 3.61. The van der Waals surface area contributed by atoms with E-state index >= 15 is 0 Å². The molecule has 0 aromatic carbocycles. The van der Waals surface area contributed by atoms with Crippen LogP contribution in [0.5, 0.6) is 0 Å². The lowest BCUT2D eigenvalue weighted by Gasteiger charge is -2.08. The van der Waals surface area contributed by atoms with Crippen molar-refractivity contribution in [2.45, 2.75) is 18.9 Å². The molecule has 3 N–H and O–H groups in total.